The fraction of sp³-hybridized carbons (Fsp3) is 0.333. The zero-order chi connectivity index (χ0) is 11.6. The van der Waals surface area contributed by atoms with Gasteiger partial charge in [-0.1, -0.05) is 12.1 Å². The topological polar surface area (TPSA) is 40.5 Å². The number of hydrogen-bond acceptors (Lipinski definition) is 4. The van der Waals surface area contributed by atoms with Crippen molar-refractivity contribution in [2.75, 3.05) is 13.2 Å². The van der Waals surface area contributed by atoms with Gasteiger partial charge in [0, 0.05) is 35.8 Å². The van der Waals surface area contributed by atoms with Crippen LogP contribution in [0.5, 0.6) is 0 Å². The van der Waals surface area contributed by atoms with Crippen LogP contribution < -0.4 is 0 Å². The predicted octanol–water partition coefficient (Wildman–Crippen LogP) is 2.57. The Labute approximate surface area is 104 Å². The molecule has 0 bridgehead atoms. The van der Waals surface area contributed by atoms with Gasteiger partial charge < -0.3 is 10.2 Å². The first-order chi connectivity index (χ1) is 7.86. The summed E-state index contributed by atoms with van der Waals surface area (Å²) >= 11 is 3.37. The number of rotatable bonds is 4. The van der Waals surface area contributed by atoms with Gasteiger partial charge in [-0.15, -0.1) is 22.7 Å². The second-order valence-electron chi connectivity index (χ2n) is 3.11. The highest BCUT2D eigenvalue weighted by Gasteiger charge is 1.88. The van der Waals surface area contributed by atoms with Gasteiger partial charge in [0.1, 0.15) is 0 Å². The van der Waals surface area contributed by atoms with Crippen LogP contribution in [-0.4, -0.2) is 23.4 Å². The van der Waals surface area contributed by atoms with Crippen LogP contribution in [-0.2, 0) is 12.8 Å². The molecule has 16 heavy (non-hydrogen) atoms. The van der Waals surface area contributed by atoms with Gasteiger partial charge in [0.15, 0.2) is 0 Å². The lowest BCUT2D eigenvalue weighted by molar-refractivity contribution is 0.300. The van der Waals surface area contributed by atoms with Gasteiger partial charge in [0.2, 0.25) is 0 Å². The molecule has 0 fully saturated rings. The molecule has 0 aliphatic heterocycles. The molecular formula is C12H16O2S2. The number of hydrogen-bond donors (Lipinski definition) is 2. The van der Waals surface area contributed by atoms with E-state index >= 15 is 0 Å². The lowest BCUT2D eigenvalue weighted by Crippen LogP contribution is -1.84. The summed E-state index contributed by atoms with van der Waals surface area (Å²) in [4.78, 5) is 2.51. The van der Waals surface area contributed by atoms with Crippen molar-refractivity contribution in [1.82, 2.24) is 0 Å². The first-order valence-corrected chi connectivity index (χ1v) is 6.89. The fourth-order valence-corrected chi connectivity index (χ4v) is 2.53. The minimum Gasteiger partial charge on any atom is -0.396 e. The third-order valence-corrected chi connectivity index (χ3v) is 3.75. The third kappa shape index (κ3) is 5.42. The van der Waals surface area contributed by atoms with Crippen LogP contribution in [0.15, 0.2) is 35.0 Å². The van der Waals surface area contributed by atoms with Crippen molar-refractivity contribution in [3.05, 3.63) is 44.8 Å². The average molecular weight is 256 g/mol. The minimum absolute atomic E-state index is 0.264. The molecular weight excluding hydrogens is 240 g/mol. The lowest BCUT2D eigenvalue weighted by Gasteiger charge is -1.85. The van der Waals surface area contributed by atoms with E-state index in [4.69, 9.17) is 10.2 Å². The summed E-state index contributed by atoms with van der Waals surface area (Å²) in [5.74, 6) is 0. The Kier molecular flexibility index (Phi) is 7.09. The zero-order valence-electron chi connectivity index (χ0n) is 9.00. The smallest absolute Gasteiger partial charge is 0.0479 e. The molecule has 88 valence electrons. The second-order valence-corrected chi connectivity index (χ2v) is 5.17. The first kappa shape index (κ1) is 13.4. The van der Waals surface area contributed by atoms with E-state index in [0.717, 1.165) is 12.8 Å². The van der Waals surface area contributed by atoms with Crippen molar-refractivity contribution in [3.8, 4) is 0 Å². The highest BCUT2D eigenvalue weighted by Crippen LogP contribution is 2.08. The normalized spacial score (nSPS) is 9.62. The number of aliphatic hydroxyl groups is 2. The lowest BCUT2D eigenvalue weighted by atomic mass is 10.4. The van der Waals surface area contributed by atoms with E-state index in [1.165, 1.54) is 9.75 Å². The van der Waals surface area contributed by atoms with E-state index in [9.17, 15) is 0 Å². The van der Waals surface area contributed by atoms with Crippen LogP contribution in [0, 0.1) is 0 Å². The highest BCUT2D eigenvalue weighted by atomic mass is 32.1. The molecule has 4 heteroatoms. The van der Waals surface area contributed by atoms with Gasteiger partial charge in [0.25, 0.3) is 0 Å². The Morgan fingerprint density at radius 2 is 1.25 bits per heavy atom. The quantitative estimate of drug-likeness (QED) is 0.882. The van der Waals surface area contributed by atoms with Crippen LogP contribution >= 0.6 is 22.7 Å². The van der Waals surface area contributed by atoms with Crippen LogP contribution in [0.3, 0.4) is 0 Å². The van der Waals surface area contributed by atoms with E-state index < -0.39 is 0 Å². The Bertz CT molecular complexity index is 305. The summed E-state index contributed by atoms with van der Waals surface area (Å²) in [5.41, 5.74) is 0. The van der Waals surface area contributed by atoms with Gasteiger partial charge in [-0.25, -0.2) is 0 Å². The summed E-state index contributed by atoms with van der Waals surface area (Å²) in [6, 6.07) is 8.05. The maximum absolute atomic E-state index is 8.44. The van der Waals surface area contributed by atoms with Crippen molar-refractivity contribution in [2.45, 2.75) is 12.8 Å². The van der Waals surface area contributed by atoms with Gasteiger partial charge in [-0.3, -0.25) is 0 Å². The molecule has 0 unspecified atom stereocenters. The predicted molar refractivity (Wildman–Crippen MR) is 70.2 cm³/mol. The van der Waals surface area contributed by atoms with Crippen LogP contribution in [0.2, 0.25) is 0 Å². The summed E-state index contributed by atoms with van der Waals surface area (Å²) in [5, 5.41) is 20.9. The summed E-state index contributed by atoms with van der Waals surface area (Å²) in [7, 11) is 0. The molecule has 0 spiro atoms. The van der Waals surface area contributed by atoms with E-state index in [-0.39, 0.29) is 13.2 Å². The molecule has 2 rings (SSSR count). The molecule has 0 aromatic carbocycles. The molecule has 0 saturated heterocycles. The Balaban J connectivity index is 0.000000160. The van der Waals surface area contributed by atoms with Crippen molar-refractivity contribution in [2.24, 2.45) is 0 Å². The number of aliphatic hydroxyl groups excluding tert-OH is 2. The molecule has 0 atom stereocenters. The fourth-order valence-electron chi connectivity index (χ4n) is 1.13. The van der Waals surface area contributed by atoms with E-state index in [1.807, 2.05) is 35.0 Å². The Morgan fingerprint density at radius 3 is 1.50 bits per heavy atom. The van der Waals surface area contributed by atoms with Gasteiger partial charge in [0.05, 0.1) is 0 Å². The maximum Gasteiger partial charge on any atom is 0.0479 e. The van der Waals surface area contributed by atoms with Crippen molar-refractivity contribution < 1.29 is 10.2 Å². The van der Waals surface area contributed by atoms with Gasteiger partial charge >= 0.3 is 0 Å². The summed E-state index contributed by atoms with van der Waals surface area (Å²) < 4.78 is 0. The summed E-state index contributed by atoms with van der Waals surface area (Å²) in [6.07, 6.45) is 1.61. The maximum atomic E-state index is 8.44. The molecule has 2 N–H and O–H groups in total. The molecule has 0 amide bonds. The molecule has 0 aliphatic rings. The monoisotopic (exact) mass is 256 g/mol. The Morgan fingerprint density at radius 1 is 0.812 bits per heavy atom. The van der Waals surface area contributed by atoms with Crippen molar-refractivity contribution in [1.29, 1.82) is 0 Å². The average Bonchev–Trinajstić information content (AvgIpc) is 2.92. The third-order valence-electron chi connectivity index (χ3n) is 1.88. The van der Waals surface area contributed by atoms with Gasteiger partial charge in [-0.2, -0.15) is 0 Å². The zero-order valence-corrected chi connectivity index (χ0v) is 10.6. The standard InChI is InChI=1S/2C6H8OS/c2*7-4-3-6-2-1-5-8-6/h2*1-2,5,7H,3-4H2. The first-order valence-electron chi connectivity index (χ1n) is 5.13. The van der Waals surface area contributed by atoms with Crippen molar-refractivity contribution in [3.63, 3.8) is 0 Å². The Hall–Kier alpha value is -0.680. The van der Waals surface area contributed by atoms with E-state index in [1.54, 1.807) is 22.7 Å². The number of thiophene rings is 2. The molecule has 0 saturated carbocycles. The van der Waals surface area contributed by atoms with Gasteiger partial charge in [-0.05, 0) is 22.9 Å². The van der Waals surface area contributed by atoms with Crippen LogP contribution in [0.25, 0.3) is 0 Å². The molecule has 0 radical (unpaired) electrons. The largest absolute Gasteiger partial charge is 0.396 e. The van der Waals surface area contributed by atoms with E-state index in [0.29, 0.717) is 0 Å². The highest BCUT2D eigenvalue weighted by molar-refractivity contribution is 7.10. The van der Waals surface area contributed by atoms with Crippen LogP contribution in [0.4, 0.5) is 0 Å². The summed E-state index contributed by atoms with van der Waals surface area (Å²) in [6.45, 7) is 0.529. The van der Waals surface area contributed by atoms with E-state index in [2.05, 4.69) is 0 Å². The second kappa shape index (κ2) is 8.47. The van der Waals surface area contributed by atoms with Crippen molar-refractivity contribution >= 4 is 22.7 Å². The molecule has 2 aromatic heterocycles. The minimum atomic E-state index is 0.264. The molecule has 2 heterocycles. The molecule has 0 aliphatic carbocycles. The molecule has 2 aromatic rings. The molecule has 2 nitrogen and oxygen atoms in total. The SMILES string of the molecule is OCCc1cccs1.OCCc1cccs1. The van der Waals surface area contributed by atoms with Crippen LogP contribution in [0.1, 0.15) is 9.75 Å².